The molecule has 1 unspecified atom stereocenters. The van der Waals surface area contributed by atoms with Crippen LogP contribution in [-0.2, 0) is 11.3 Å². The van der Waals surface area contributed by atoms with E-state index in [-0.39, 0.29) is 23.4 Å². The number of hydrogen-bond donors (Lipinski definition) is 2. The highest BCUT2D eigenvalue weighted by Gasteiger charge is 2.13. The molecule has 0 bridgehead atoms. The van der Waals surface area contributed by atoms with Gasteiger partial charge < -0.3 is 5.32 Å². The molecule has 0 saturated carbocycles. The first-order chi connectivity index (χ1) is 12.0. The summed E-state index contributed by atoms with van der Waals surface area (Å²) in [7, 11) is 0. The van der Waals surface area contributed by atoms with Gasteiger partial charge in [-0.15, -0.1) is 5.10 Å². The molecule has 0 saturated heterocycles. The number of amides is 1. The number of benzene rings is 1. The number of nitrogens with zero attached hydrogens (tertiary/aromatic N) is 2. The van der Waals surface area contributed by atoms with E-state index < -0.39 is 0 Å². The summed E-state index contributed by atoms with van der Waals surface area (Å²) in [6, 6.07) is 9.86. The van der Waals surface area contributed by atoms with Gasteiger partial charge in [0.1, 0.15) is 0 Å². The molecule has 0 aliphatic heterocycles. The SMILES string of the molecule is CC(C)CCC(C)NC(=O)CSc1n[nH]c(=O)n1Cc1ccccc1. The summed E-state index contributed by atoms with van der Waals surface area (Å²) in [5.74, 6) is 0.832. The molecule has 1 atom stereocenters. The Labute approximate surface area is 152 Å². The van der Waals surface area contributed by atoms with Crippen molar-refractivity contribution in [1.82, 2.24) is 20.1 Å². The molecular formula is C18H26N4O2S. The highest BCUT2D eigenvalue weighted by molar-refractivity contribution is 7.99. The van der Waals surface area contributed by atoms with Gasteiger partial charge in [-0.3, -0.25) is 9.36 Å². The van der Waals surface area contributed by atoms with Gasteiger partial charge in [-0.05, 0) is 31.2 Å². The fraction of sp³-hybridized carbons (Fsp3) is 0.500. The van der Waals surface area contributed by atoms with Crippen molar-refractivity contribution >= 4 is 17.7 Å². The number of hydrogen-bond acceptors (Lipinski definition) is 4. The van der Waals surface area contributed by atoms with E-state index >= 15 is 0 Å². The summed E-state index contributed by atoms with van der Waals surface area (Å²) < 4.78 is 1.55. The molecule has 0 aliphatic rings. The van der Waals surface area contributed by atoms with Crippen molar-refractivity contribution in [3.63, 3.8) is 0 Å². The van der Waals surface area contributed by atoms with Crippen molar-refractivity contribution in [2.24, 2.45) is 5.92 Å². The molecule has 7 heteroatoms. The van der Waals surface area contributed by atoms with E-state index in [1.165, 1.54) is 11.8 Å². The topological polar surface area (TPSA) is 79.8 Å². The Morgan fingerprint density at radius 3 is 2.64 bits per heavy atom. The van der Waals surface area contributed by atoms with Crippen LogP contribution >= 0.6 is 11.8 Å². The van der Waals surface area contributed by atoms with Gasteiger partial charge in [0.25, 0.3) is 0 Å². The van der Waals surface area contributed by atoms with Crippen molar-refractivity contribution < 1.29 is 4.79 Å². The Morgan fingerprint density at radius 1 is 1.24 bits per heavy atom. The van der Waals surface area contributed by atoms with Crippen LogP contribution in [0.4, 0.5) is 0 Å². The Hall–Kier alpha value is -2.02. The van der Waals surface area contributed by atoms with Gasteiger partial charge in [-0.1, -0.05) is 55.9 Å². The zero-order chi connectivity index (χ0) is 18.2. The first kappa shape index (κ1) is 19.3. The molecule has 2 rings (SSSR count). The average Bonchev–Trinajstić information content (AvgIpc) is 2.92. The number of carbonyl (C=O) groups is 1. The Balaban J connectivity index is 1.89. The summed E-state index contributed by atoms with van der Waals surface area (Å²) in [4.78, 5) is 24.0. The number of H-pyrrole nitrogens is 1. The highest BCUT2D eigenvalue weighted by Crippen LogP contribution is 2.14. The minimum atomic E-state index is -0.267. The van der Waals surface area contributed by atoms with Gasteiger partial charge in [0, 0.05) is 6.04 Å². The second-order valence-corrected chi connectivity index (χ2v) is 7.55. The van der Waals surface area contributed by atoms with E-state index in [0.29, 0.717) is 17.6 Å². The summed E-state index contributed by atoms with van der Waals surface area (Å²) in [5.41, 5.74) is 0.747. The fourth-order valence-corrected chi connectivity index (χ4v) is 3.18. The highest BCUT2D eigenvalue weighted by atomic mass is 32.2. The molecule has 0 spiro atoms. The van der Waals surface area contributed by atoms with Crippen LogP contribution in [0.2, 0.25) is 0 Å². The van der Waals surface area contributed by atoms with Gasteiger partial charge in [0.05, 0.1) is 12.3 Å². The Morgan fingerprint density at radius 2 is 1.96 bits per heavy atom. The molecule has 1 heterocycles. The Kier molecular flexibility index (Phi) is 7.31. The fourth-order valence-electron chi connectivity index (χ4n) is 2.42. The van der Waals surface area contributed by atoms with Crippen molar-refractivity contribution in [2.45, 2.75) is 51.4 Å². The van der Waals surface area contributed by atoms with Crippen LogP contribution in [-0.4, -0.2) is 32.5 Å². The quantitative estimate of drug-likeness (QED) is 0.672. The molecule has 0 radical (unpaired) electrons. The molecule has 25 heavy (non-hydrogen) atoms. The van der Waals surface area contributed by atoms with Crippen LogP contribution in [0.5, 0.6) is 0 Å². The minimum Gasteiger partial charge on any atom is -0.353 e. The zero-order valence-corrected chi connectivity index (χ0v) is 15.8. The van der Waals surface area contributed by atoms with Crippen LogP contribution in [0.15, 0.2) is 40.3 Å². The van der Waals surface area contributed by atoms with Gasteiger partial charge in [-0.25, -0.2) is 9.89 Å². The molecule has 0 fully saturated rings. The summed E-state index contributed by atoms with van der Waals surface area (Å²) in [6.45, 7) is 6.80. The van der Waals surface area contributed by atoms with E-state index in [2.05, 4.69) is 29.4 Å². The number of rotatable bonds is 9. The van der Waals surface area contributed by atoms with E-state index in [9.17, 15) is 9.59 Å². The number of aromatic nitrogens is 3. The number of aromatic amines is 1. The van der Waals surface area contributed by atoms with Crippen molar-refractivity contribution in [3.8, 4) is 0 Å². The first-order valence-electron chi connectivity index (χ1n) is 8.57. The van der Waals surface area contributed by atoms with Crippen molar-refractivity contribution in [3.05, 3.63) is 46.4 Å². The second-order valence-electron chi connectivity index (χ2n) is 6.61. The lowest BCUT2D eigenvalue weighted by molar-refractivity contribution is -0.119. The number of nitrogens with one attached hydrogen (secondary N) is 2. The second kappa shape index (κ2) is 9.46. The van der Waals surface area contributed by atoms with Gasteiger partial charge in [0.15, 0.2) is 5.16 Å². The molecule has 6 nitrogen and oxygen atoms in total. The molecule has 2 N–H and O–H groups in total. The first-order valence-corrected chi connectivity index (χ1v) is 9.55. The Bertz CT molecular complexity index is 724. The third-order valence-electron chi connectivity index (χ3n) is 3.82. The third-order valence-corrected chi connectivity index (χ3v) is 4.80. The van der Waals surface area contributed by atoms with E-state index in [1.54, 1.807) is 4.57 Å². The largest absolute Gasteiger partial charge is 0.353 e. The predicted molar refractivity (Wildman–Crippen MR) is 101 cm³/mol. The van der Waals surface area contributed by atoms with Crippen LogP contribution in [0.3, 0.4) is 0 Å². The average molecular weight is 362 g/mol. The standard InChI is InChI=1S/C18H26N4O2S/c1-13(2)9-10-14(3)19-16(23)12-25-18-21-20-17(24)22(18)11-15-7-5-4-6-8-15/h4-8,13-14H,9-12H2,1-3H3,(H,19,23)(H,20,24). The smallest absolute Gasteiger partial charge is 0.344 e. The number of thioether (sulfide) groups is 1. The van der Waals surface area contributed by atoms with E-state index in [4.69, 9.17) is 0 Å². The summed E-state index contributed by atoms with van der Waals surface area (Å²) in [5, 5.41) is 10.0. The monoisotopic (exact) mass is 362 g/mol. The van der Waals surface area contributed by atoms with Crippen LogP contribution < -0.4 is 11.0 Å². The van der Waals surface area contributed by atoms with Crippen molar-refractivity contribution in [1.29, 1.82) is 0 Å². The number of carbonyl (C=O) groups excluding carboxylic acids is 1. The maximum atomic E-state index is 12.1. The molecule has 136 valence electrons. The molecule has 1 amide bonds. The molecule has 1 aromatic heterocycles. The zero-order valence-electron chi connectivity index (χ0n) is 15.0. The van der Waals surface area contributed by atoms with Crippen molar-refractivity contribution in [2.75, 3.05) is 5.75 Å². The summed E-state index contributed by atoms with van der Waals surface area (Å²) in [6.07, 6.45) is 2.06. The van der Waals surface area contributed by atoms with Gasteiger partial charge >= 0.3 is 5.69 Å². The lowest BCUT2D eigenvalue weighted by atomic mass is 10.0. The van der Waals surface area contributed by atoms with Crippen LogP contribution in [0.25, 0.3) is 0 Å². The lowest BCUT2D eigenvalue weighted by Crippen LogP contribution is -2.34. The molecule has 1 aromatic carbocycles. The van der Waals surface area contributed by atoms with E-state index in [1.807, 2.05) is 37.3 Å². The molecular weight excluding hydrogens is 336 g/mol. The normalized spacial score (nSPS) is 12.3. The minimum absolute atomic E-state index is 0.0389. The van der Waals surface area contributed by atoms with Crippen LogP contribution in [0, 0.1) is 5.92 Å². The molecule has 0 aliphatic carbocycles. The molecule has 2 aromatic rings. The summed E-state index contributed by atoms with van der Waals surface area (Å²) >= 11 is 1.27. The predicted octanol–water partition coefficient (Wildman–Crippen LogP) is 2.65. The van der Waals surface area contributed by atoms with Gasteiger partial charge in [0.2, 0.25) is 5.91 Å². The van der Waals surface area contributed by atoms with Crippen LogP contribution in [0.1, 0.15) is 39.2 Å². The van der Waals surface area contributed by atoms with Gasteiger partial charge in [-0.2, -0.15) is 0 Å². The maximum absolute atomic E-state index is 12.1. The maximum Gasteiger partial charge on any atom is 0.344 e. The van der Waals surface area contributed by atoms with E-state index in [0.717, 1.165) is 18.4 Å². The third kappa shape index (κ3) is 6.42. The lowest BCUT2D eigenvalue weighted by Gasteiger charge is -2.14.